The molecule has 3 rings (SSSR count). The number of benzene rings is 2. The molecule has 0 aromatic heterocycles. The molecular weight excluding hydrogens is 365 g/mol. The number of carbonyl (C=O) groups is 1. The maximum absolute atomic E-state index is 14.1. The molecule has 2 aromatic carbocycles. The molecule has 0 bridgehead atoms. The molecule has 7 heteroatoms. The van der Waals surface area contributed by atoms with Crippen LogP contribution < -0.4 is 0 Å². The minimum atomic E-state index is -3.18. The second-order valence-corrected chi connectivity index (χ2v) is 8.76. The van der Waals surface area contributed by atoms with Gasteiger partial charge in [-0.15, -0.1) is 0 Å². The van der Waals surface area contributed by atoms with Gasteiger partial charge in [-0.05, 0) is 36.2 Å². The molecule has 0 saturated carbocycles. The molecule has 25 heavy (non-hydrogen) atoms. The fraction of sp³-hybridized carbons (Fsp3) is 0.278. The van der Waals surface area contributed by atoms with E-state index in [9.17, 15) is 17.6 Å². The van der Waals surface area contributed by atoms with E-state index >= 15 is 0 Å². The molecule has 0 spiro atoms. The van der Waals surface area contributed by atoms with Crippen LogP contribution in [0.1, 0.15) is 22.3 Å². The molecule has 132 valence electrons. The summed E-state index contributed by atoms with van der Waals surface area (Å²) in [7, 11) is -3.18. The Morgan fingerprint density at radius 3 is 2.60 bits per heavy atom. The monoisotopic (exact) mass is 381 g/mol. The van der Waals surface area contributed by atoms with Gasteiger partial charge in [-0.2, -0.15) is 0 Å². The molecule has 0 N–H and O–H groups in total. The number of sulfone groups is 1. The number of amides is 1. The Bertz CT molecular complexity index is 901. The molecule has 1 atom stereocenters. The van der Waals surface area contributed by atoms with E-state index in [0.717, 1.165) is 5.56 Å². The summed E-state index contributed by atoms with van der Waals surface area (Å²) in [6.07, 6.45) is 0.350. The average molecular weight is 382 g/mol. The summed E-state index contributed by atoms with van der Waals surface area (Å²) in [5.41, 5.74) is 0.704. The quantitative estimate of drug-likeness (QED) is 0.816. The molecule has 0 radical (unpaired) electrons. The van der Waals surface area contributed by atoms with Crippen LogP contribution in [-0.4, -0.2) is 36.8 Å². The van der Waals surface area contributed by atoms with Crippen LogP contribution in [0.15, 0.2) is 48.5 Å². The van der Waals surface area contributed by atoms with Crippen molar-refractivity contribution in [3.8, 4) is 0 Å². The lowest BCUT2D eigenvalue weighted by molar-refractivity contribution is 0.0676. The summed E-state index contributed by atoms with van der Waals surface area (Å²) in [6, 6.07) is 12.2. The maximum Gasteiger partial charge on any atom is 0.257 e. The Morgan fingerprint density at radius 1 is 1.20 bits per heavy atom. The van der Waals surface area contributed by atoms with Gasteiger partial charge in [-0.25, -0.2) is 12.8 Å². The number of carbonyl (C=O) groups excluding carboxylic acids is 1. The highest BCUT2D eigenvalue weighted by Crippen LogP contribution is 2.24. The average Bonchev–Trinajstić information content (AvgIpc) is 2.92. The molecule has 1 aliphatic heterocycles. The zero-order valence-corrected chi connectivity index (χ0v) is 14.9. The molecular formula is C18H17ClFNO3S. The molecule has 2 aromatic rings. The van der Waals surface area contributed by atoms with Crippen molar-refractivity contribution in [2.24, 2.45) is 0 Å². The van der Waals surface area contributed by atoms with Gasteiger partial charge in [0.15, 0.2) is 9.84 Å². The highest BCUT2D eigenvalue weighted by Gasteiger charge is 2.35. The summed E-state index contributed by atoms with van der Waals surface area (Å²) in [6.45, 7) is 0.175. The number of nitrogens with zero attached hydrogens (tertiary/aromatic N) is 1. The lowest BCUT2D eigenvalue weighted by Gasteiger charge is -2.28. The van der Waals surface area contributed by atoms with Crippen LogP contribution in [0.25, 0.3) is 0 Å². The molecule has 1 aliphatic rings. The van der Waals surface area contributed by atoms with Gasteiger partial charge in [0.25, 0.3) is 5.91 Å². The van der Waals surface area contributed by atoms with Gasteiger partial charge >= 0.3 is 0 Å². The van der Waals surface area contributed by atoms with E-state index in [1.54, 1.807) is 30.3 Å². The van der Waals surface area contributed by atoms with Crippen molar-refractivity contribution in [1.29, 1.82) is 0 Å². The van der Waals surface area contributed by atoms with Crippen molar-refractivity contribution < 1.29 is 17.6 Å². The standard InChI is InChI=1S/C18H17ClFNO3S/c19-14-5-3-4-13(10-14)11-21(15-8-9-25(23,24)12-15)18(22)16-6-1-2-7-17(16)20/h1-7,10,15H,8-9,11-12H2. The van der Waals surface area contributed by atoms with Gasteiger partial charge in [-0.3, -0.25) is 4.79 Å². The normalized spacial score (nSPS) is 18.9. The minimum absolute atomic E-state index is 0.0360. The van der Waals surface area contributed by atoms with Crippen LogP contribution in [-0.2, 0) is 16.4 Å². The van der Waals surface area contributed by atoms with Crippen LogP contribution in [0.5, 0.6) is 0 Å². The predicted octanol–water partition coefficient (Wildman–Crippen LogP) is 3.31. The summed E-state index contributed by atoms with van der Waals surface area (Å²) in [5, 5.41) is 0.523. The van der Waals surface area contributed by atoms with Gasteiger partial charge in [0.1, 0.15) is 5.82 Å². The van der Waals surface area contributed by atoms with E-state index in [-0.39, 0.29) is 23.6 Å². The van der Waals surface area contributed by atoms with Gasteiger partial charge < -0.3 is 4.90 Å². The predicted molar refractivity (Wildman–Crippen MR) is 94.8 cm³/mol. The Labute approximate surface area is 151 Å². The number of halogens is 2. The first kappa shape index (κ1) is 17.9. The third-order valence-electron chi connectivity index (χ3n) is 4.26. The Hall–Kier alpha value is -1.92. The highest BCUT2D eigenvalue weighted by atomic mass is 35.5. The summed E-state index contributed by atoms with van der Waals surface area (Å²) >= 11 is 6.00. The summed E-state index contributed by atoms with van der Waals surface area (Å²) in [4.78, 5) is 14.4. The maximum atomic E-state index is 14.1. The Morgan fingerprint density at radius 2 is 1.96 bits per heavy atom. The van der Waals surface area contributed by atoms with Crippen molar-refractivity contribution in [3.05, 3.63) is 70.5 Å². The first-order chi connectivity index (χ1) is 11.9. The van der Waals surface area contributed by atoms with Crippen molar-refractivity contribution in [2.45, 2.75) is 19.0 Å². The van der Waals surface area contributed by atoms with E-state index in [0.29, 0.717) is 11.4 Å². The second kappa shape index (κ2) is 7.14. The lowest BCUT2D eigenvalue weighted by Crippen LogP contribution is -2.41. The van der Waals surface area contributed by atoms with Gasteiger partial charge in [0.2, 0.25) is 0 Å². The Kier molecular flexibility index (Phi) is 5.11. The van der Waals surface area contributed by atoms with E-state index in [2.05, 4.69) is 0 Å². The second-order valence-electron chi connectivity index (χ2n) is 6.10. The van der Waals surface area contributed by atoms with Crippen molar-refractivity contribution >= 4 is 27.3 Å². The lowest BCUT2D eigenvalue weighted by atomic mass is 10.1. The Balaban J connectivity index is 1.94. The van der Waals surface area contributed by atoms with E-state index in [1.165, 1.54) is 23.1 Å². The molecule has 1 amide bonds. The number of rotatable bonds is 4. The fourth-order valence-electron chi connectivity index (χ4n) is 3.01. The smallest absolute Gasteiger partial charge is 0.257 e. The highest BCUT2D eigenvalue weighted by molar-refractivity contribution is 7.91. The topological polar surface area (TPSA) is 54.5 Å². The molecule has 1 saturated heterocycles. The van der Waals surface area contributed by atoms with Crippen LogP contribution in [0.3, 0.4) is 0 Å². The van der Waals surface area contributed by atoms with Gasteiger partial charge in [0, 0.05) is 17.6 Å². The van der Waals surface area contributed by atoms with Crippen molar-refractivity contribution in [1.82, 2.24) is 4.90 Å². The first-order valence-corrected chi connectivity index (χ1v) is 10.1. The van der Waals surface area contributed by atoms with Gasteiger partial charge in [-0.1, -0.05) is 35.9 Å². The van der Waals surface area contributed by atoms with E-state index in [1.807, 2.05) is 0 Å². The van der Waals surface area contributed by atoms with Crippen LogP contribution in [0.2, 0.25) is 5.02 Å². The van der Waals surface area contributed by atoms with Crippen molar-refractivity contribution in [2.75, 3.05) is 11.5 Å². The zero-order chi connectivity index (χ0) is 18.0. The fourth-order valence-corrected chi connectivity index (χ4v) is 4.95. The van der Waals surface area contributed by atoms with Crippen molar-refractivity contribution in [3.63, 3.8) is 0 Å². The summed E-state index contributed by atoms with van der Waals surface area (Å²) < 4.78 is 37.7. The van der Waals surface area contributed by atoms with Crippen LogP contribution >= 0.6 is 11.6 Å². The molecule has 1 unspecified atom stereocenters. The minimum Gasteiger partial charge on any atom is -0.330 e. The summed E-state index contributed by atoms with van der Waals surface area (Å²) in [5.74, 6) is -1.20. The van der Waals surface area contributed by atoms with E-state index in [4.69, 9.17) is 11.6 Å². The molecule has 1 heterocycles. The molecule has 1 fully saturated rings. The third-order valence-corrected chi connectivity index (χ3v) is 6.24. The zero-order valence-electron chi connectivity index (χ0n) is 13.4. The van der Waals surface area contributed by atoms with E-state index < -0.39 is 27.6 Å². The van der Waals surface area contributed by atoms with Crippen LogP contribution in [0, 0.1) is 5.82 Å². The number of hydrogen-bond donors (Lipinski definition) is 0. The first-order valence-electron chi connectivity index (χ1n) is 7.86. The number of hydrogen-bond acceptors (Lipinski definition) is 3. The molecule has 0 aliphatic carbocycles. The van der Waals surface area contributed by atoms with Crippen LogP contribution in [0.4, 0.5) is 4.39 Å². The van der Waals surface area contributed by atoms with Gasteiger partial charge in [0.05, 0.1) is 17.1 Å². The SMILES string of the molecule is O=C(c1ccccc1F)N(Cc1cccc(Cl)c1)C1CCS(=O)(=O)C1. The molecule has 4 nitrogen and oxygen atoms in total. The largest absolute Gasteiger partial charge is 0.330 e. The third kappa shape index (κ3) is 4.19.